The number of halogens is 1. The first-order chi connectivity index (χ1) is 11.6. The molecule has 0 bridgehead atoms. The van der Waals surface area contributed by atoms with Crippen molar-refractivity contribution in [1.82, 2.24) is 10.2 Å². The maximum atomic E-state index is 5.54. The molecule has 0 aliphatic heterocycles. The van der Waals surface area contributed by atoms with E-state index in [0.717, 1.165) is 37.0 Å². The molecule has 0 fully saturated rings. The van der Waals surface area contributed by atoms with Gasteiger partial charge in [-0.25, -0.2) is 0 Å². The van der Waals surface area contributed by atoms with E-state index < -0.39 is 0 Å². The first kappa shape index (κ1) is 23.8. The maximum Gasteiger partial charge on any atom is 0.195 e. The number of likely N-dealkylation sites (N-methyl/N-ethyl adjacent to an activating group) is 1. The Labute approximate surface area is 169 Å². The molecular weight excluding hydrogens is 431 g/mol. The fraction of sp³-hybridized carbons (Fsp3) is 0.611. The minimum Gasteiger partial charge on any atom is -0.493 e. The van der Waals surface area contributed by atoms with Crippen LogP contribution in [0.25, 0.3) is 0 Å². The van der Waals surface area contributed by atoms with Crippen molar-refractivity contribution in [2.45, 2.75) is 33.7 Å². The molecule has 0 heterocycles. The van der Waals surface area contributed by atoms with Crippen molar-refractivity contribution < 1.29 is 9.47 Å². The van der Waals surface area contributed by atoms with E-state index in [4.69, 9.17) is 9.47 Å². The van der Waals surface area contributed by atoms with Crippen LogP contribution in [0.15, 0.2) is 23.2 Å². The molecule has 6 nitrogen and oxygen atoms in total. The molecule has 0 aliphatic rings. The summed E-state index contributed by atoms with van der Waals surface area (Å²) in [5.74, 6) is 2.18. The van der Waals surface area contributed by atoms with Crippen LogP contribution in [0.3, 0.4) is 0 Å². The molecule has 7 heteroatoms. The van der Waals surface area contributed by atoms with Gasteiger partial charge in [-0.3, -0.25) is 9.89 Å². The maximum absolute atomic E-state index is 5.54. The van der Waals surface area contributed by atoms with Gasteiger partial charge in [-0.05, 0) is 39.1 Å². The minimum atomic E-state index is 0. The van der Waals surface area contributed by atoms with E-state index in [9.17, 15) is 0 Å². The highest BCUT2D eigenvalue weighted by Gasteiger charge is 2.11. The summed E-state index contributed by atoms with van der Waals surface area (Å²) in [5, 5.41) is 6.66. The number of methoxy groups -OCH3 is 1. The predicted molar refractivity (Wildman–Crippen MR) is 117 cm³/mol. The molecule has 25 heavy (non-hydrogen) atoms. The van der Waals surface area contributed by atoms with Gasteiger partial charge in [0.25, 0.3) is 0 Å². The Morgan fingerprint density at radius 1 is 1.20 bits per heavy atom. The monoisotopic (exact) mass is 464 g/mol. The molecule has 1 aromatic carbocycles. The quantitative estimate of drug-likeness (QED) is 0.333. The lowest BCUT2D eigenvalue weighted by Gasteiger charge is -2.27. The highest BCUT2D eigenvalue weighted by Crippen LogP contribution is 2.30. The van der Waals surface area contributed by atoms with E-state index in [-0.39, 0.29) is 24.0 Å². The van der Waals surface area contributed by atoms with Crippen LogP contribution >= 0.6 is 24.0 Å². The third-order valence-corrected chi connectivity index (χ3v) is 3.95. The average Bonchev–Trinajstić information content (AvgIpc) is 2.60. The fourth-order valence-electron chi connectivity index (χ4n) is 2.56. The molecule has 0 saturated heterocycles. The Kier molecular flexibility index (Phi) is 12.4. The van der Waals surface area contributed by atoms with E-state index in [1.165, 1.54) is 0 Å². The smallest absolute Gasteiger partial charge is 0.195 e. The third kappa shape index (κ3) is 7.68. The van der Waals surface area contributed by atoms with Crippen LogP contribution in [0, 0.1) is 0 Å². The number of guanidine groups is 1. The van der Waals surface area contributed by atoms with Gasteiger partial charge < -0.3 is 20.1 Å². The van der Waals surface area contributed by atoms with Crippen LogP contribution in [-0.4, -0.2) is 57.3 Å². The van der Waals surface area contributed by atoms with Gasteiger partial charge in [0, 0.05) is 31.4 Å². The number of nitrogens with zero attached hydrogens (tertiary/aromatic N) is 2. The van der Waals surface area contributed by atoms with Crippen molar-refractivity contribution in [2.75, 3.05) is 45.7 Å². The van der Waals surface area contributed by atoms with E-state index >= 15 is 0 Å². The van der Waals surface area contributed by atoms with Gasteiger partial charge in [0.15, 0.2) is 17.5 Å². The molecule has 0 aliphatic carbocycles. The highest BCUT2D eigenvalue weighted by molar-refractivity contribution is 14.0. The van der Waals surface area contributed by atoms with Crippen LogP contribution in [-0.2, 0) is 0 Å². The molecule has 1 atom stereocenters. The number of aliphatic imine (C=N–C) groups is 1. The van der Waals surface area contributed by atoms with Crippen molar-refractivity contribution >= 4 is 35.6 Å². The van der Waals surface area contributed by atoms with Crippen molar-refractivity contribution in [3.05, 3.63) is 18.2 Å². The van der Waals surface area contributed by atoms with Gasteiger partial charge >= 0.3 is 0 Å². The molecule has 1 rings (SSSR count). The van der Waals surface area contributed by atoms with Crippen molar-refractivity contribution in [3.8, 4) is 11.5 Å². The molecule has 1 unspecified atom stereocenters. The summed E-state index contributed by atoms with van der Waals surface area (Å²) in [5.41, 5.74) is 0.902. The largest absolute Gasteiger partial charge is 0.493 e. The fourth-order valence-corrected chi connectivity index (χ4v) is 2.56. The van der Waals surface area contributed by atoms with Gasteiger partial charge in [-0.15, -0.1) is 24.0 Å². The van der Waals surface area contributed by atoms with Gasteiger partial charge in [0.2, 0.25) is 0 Å². The molecule has 0 saturated carbocycles. The third-order valence-electron chi connectivity index (χ3n) is 3.95. The van der Waals surface area contributed by atoms with Crippen LogP contribution in [0.2, 0.25) is 0 Å². The van der Waals surface area contributed by atoms with Crippen LogP contribution in [0.5, 0.6) is 11.5 Å². The topological polar surface area (TPSA) is 58.1 Å². The zero-order valence-electron chi connectivity index (χ0n) is 16.3. The van der Waals surface area contributed by atoms with Crippen LogP contribution in [0.4, 0.5) is 5.69 Å². The lowest BCUT2D eigenvalue weighted by Crippen LogP contribution is -2.43. The van der Waals surface area contributed by atoms with Crippen LogP contribution < -0.4 is 20.1 Å². The number of hydrogen-bond acceptors (Lipinski definition) is 4. The summed E-state index contributed by atoms with van der Waals surface area (Å²) < 4.78 is 10.9. The van der Waals surface area contributed by atoms with E-state index in [1.54, 1.807) is 14.2 Å². The highest BCUT2D eigenvalue weighted by atomic mass is 127. The van der Waals surface area contributed by atoms with E-state index in [0.29, 0.717) is 18.4 Å². The first-order valence-electron chi connectivity index (χ1n) is 8.62. The second-order valence-electron chi connectivity index (χ2n) is 5.45. The molecule has 144 valence electrons. The summed E-state index contributed by atoms with van der Waals surface area (Å²) in [4.78, 5) is 6.69. The summed E-state index contributed by atoms with van der Waals surface area (Å²) in [6.07, 6.45) is 0. The Bertz CT molecular complexity index is 522. The molecule has 0 radical (unpaired) electrons. The van der Waals surface area contributed by atoms with Crippen molar-refractivity contribution in [1.29, 1.82) is 0 Å². The van der Waals surface area contributed by atoms with Gasteiger partial charge in [-0.1, -0.05) is 13.8 Å². The standard InChI is InChI=1S/C18H32N4O2.HI/c1-7-22(8-2)14(4)13-20-18(19-5)21-15-10-11-16(24-9-3)17(12-15)23-6;/h10-12,14H,7-9,13H2,1-6H3,(H2,19,20,21);1H. The second kappa shape index (κ2) is 13.0. The average molecular weight is 464 g/mol. The Morgan fingerprint density at radius 2 is 1.88 bits per heavy atom. The Morgan fingerprint density at radius 3 is 2.40 bits per heavy atom. The summed E-state index contributed by atoms with van der Waals surface area (Å²) in [6, 6.07) is 6.20. The van der Waals surface area contributed by atoms with Crippen LogP contribution in [0.1, 0.15) is 27.7 Å². The molecule has 2 N–H and O–H groups in total. The summed E-state index contributed by atoms with van der Waals surface area (Å²) >= 11 is 0. The first-order valence-corrected chi connectivity index (χ1v) is 8.62. The van der Waals surface area contributed by atoms with Crippen molar-refractivity contribution in [3.63, 3.8) is 0 Å². The van der Waals surface area contributed by atoms with Gasteiger partial charge in [0.05, 0.1) is 13.7 Å². The molecular formula is C18H33IN4O2. The number of ether oxygens (including phenoxy) is 2. The number of anilines is 1. The number of rotatable bonds is 9. The molecule has 0 spiro atoms. The normalized spacial score (nSPS) is 12.4. The zero-order valence-corrected chi connectivity index (χ0v) is 18.6. The Hall–Kier alpha value is -1.22. The van der Waals surface area contributed by atoms with E-state index in [2.05, 4.69) is 41.3 Å². The van der Waals surface area contributed by atoms with Gasteiger partial charge in [0.1, 0.15) is 0 Å². The number of hydrogen-bond donors (Lipinski definition) is 2. The molecule has 1 aromatic rings. The van der Waals surface area contributed by atoms with Crippen molar-refractivity contribution in [2.24, 2.45) is 4.99 Å². The molecule has 0 amide bonds. The lowest BCUT2D eigenvalue weighted by molar-refractivity contribution is 0.232. The van der Waals surface area contributed by atoms with E-state index in [1.807, 2.05) is 25.1 Å². The lowest BCUT2D eigenvalue weighted by atomic mass is 10.2. The Balaban J connectivity index is 0.00000576. The number of nitrogens with one attached hydrogen (secondary N) is 2. The predicted octanol–water partition coefficient (Wildman–Crippen LogP) is 3.43. The SMILES string of the molecule is CCOc1ccc(NC(=NC)NCC(C)N(CC)CC)cc1OC.I. The van der Waals surface area contributed by atoms with Gasteiger partial charge in [-0.2, -0.15) is 0 Å². The summed E-state index contributed by atoms with van der Waals surface area (Å²) in [6.45, 7) is 12.0. The second-order valence-corrected chi connectivity index (χ2v) is 5.45. The molecule has 0 aromatic heterocycles. The minimum absolute atomic E-state index is 0. The summed E-state index contributed by atoms with van der Waals surface area (Å²) in [7, 11) is 3.41. The number of benzene rings is 1. The zero-order chi connectivity index (χ0) is 17.9.